The second-order valence-electron chi connectivity index (χ2n) is 4.60. The third-order valence-corrected chi connectivity index (χ3v) is 3.36. The number of carbonyl (C=O) groups excluding carboxylic acids is 1. The Kier molecular flexibility index (Phi) is 2.91. The zero-order valence-electron chi connectivity index (χ0n) is 10.6. The molecule has 3 rings (SSSR count). The van der Waals surface area contributed by atoms with Gasteiger partial charge in [-0.05, 0) is 21.5 Å². The summed E-state index contributed by atoms with van der Waals surface area (Å²) in [4.78, 5) is 21.9. The summed E-state index contributed by atoms with van der Waals surface area (Å²) in [5, 5.41) is 14.3. The van der Waals surface area contributed by atoms with Crippen LogP contribution >= 0.6 is 0 Å². The van der Waals surface area contributed by atoms with Gasteiger partial charge in [-0.1, -0.05) is 54.6 Å². The average Bonchev–Trinajstić information content (AvgIpc) is 2.45. The van der Waals surface area contributed by atoms with E-state index >= 15 is 0 Å². The lowest BCUT2D eigenvalue weighted by Gasteiger charge is -2.07. The van der Waals surface area contributed by atoms with Crippen LogP contribution in [0.2, 0.25) is 0 Å². The van der Waals surface area contributed by atoms with Crippen molar-refractivity contribution in [2.75, 3.05) is 6.54 Å². The first kappa shape index (κ1) is 12.3. The van der Waals surface area contributed by atoms with E-state index in [9.17, 15) is 14.9 Å². The molecule has 3 aromatic rings. The Morgan fingerprint density at radius 2 is 1.65 bits per heavy atom. The van der Waals surface area contributed by atoms with Crippen LogP contribution in [0.3, 0.4) is 0 Å². The summed E-state index contributed by atoms with van der Waals surface area (Å²) in [6.45, 7) is -0.675. The highest BCUT2D eigenvalue weighted by Gasteiger charge is 2.15. The Bertz CT molecular complexity index is 839. The van der Waals surface area contributed by atoms with Gasteiger partial charge in [0.05, 0.1) is 0 Å². The average molecular weight is 265 g/mol. The predicted molar refractivity (Wildman–Crippen MR) is 77.6 cm³/mol. The molecule has 4 heteroatoms. The van der Waals surface area contributed by atoms with E-state index in [4.69, 9.17) is 0 Å². The fourth-order valence-electron chi connectivity index (χ4n) is 2.49. The Balaban J connectivity index is 2.27. The Hall–Kier alpha value is -2.75. The normalized spacial score (nSPS) is 10.8. The van der Waals surface area contributed by atoms with E-state index in [0.29, 0.717) is 5.56 Å². The van der Waals surface area contributed by atoms with E-state index in [-0.39, 0.29) is 0 Å². The van der Waals surface area contributed by atoms with Crippen LogP contribution in [0.1, 0.15) is 10.4 Å². The first-order valence-corrected chi connectivity index (χ1v) is 6.22. The highest BCUT2D eigenvalue weighted by atomic mass is 16.6. The minimum absolute atomic E-state index is 0.407. The molecule has 0 unspecified atom stereocenters. The lowest BCUT2D eigenvalue weighted by Crippen LogP contribution is -2.14. The van der Waals surface area contributed by atoms with E-state index in [0.717, 1.165) is 21.5 Å². The second-order valence-corrected chi connectivity index (χ2v) is 4.60. The second kappa shape index (κ2) is 4.74. The van der Waals surface area contributed by atoms with Crippen molar-refractivity contribution in [3.05, 3.63) is 70.3 Å². The zero-order chi connectivity index (χ0) is 14.1. The van der Waals surface area contributed by atoms with Crippen LogP contribution in [0.5, 0.6) is 0 Å². The molecule has 0 saturated carbocycles. The van der Waals surface area contributed by atoms with Gasteiger partial charge in [-0.15, -0.1) is 0 Å². The number of nitrogens with zero attached hydrogens (tertiary/aromatic N) is 1. The van der Waals surface area contributed by atoms with E-state index in [1.807, 2.05) is 42.5 Å². The summed E-state index contributed by atoms with van der Waals surface area (Å²) in [5.74, 6) is -0.462. The van der Waals surface area contributed by atoms with E-state index in [1.54, 1.807) is 12.1 Å². The van der Waals surface area contributed by atoms with Crippen LogP contribution in [0.25, 0.3) is 21.5 Å². The molecule has 20 heavy (non-hydrogen) atoms. The smallest absolute Gasteiger partial charge is 0.265 e. The molecule has 4 nitrogen and oxygen atoms in total. The number of fused-ring (bicyclic) bond motifs is 3. The van der Waals surface area contributed by atoms with Gasteiger partial charge in [-0.25, -0.2) is 0 Å². The molecular formula is C16H11NO3. The van der Waals surface area contributed by atoms with E-state index in [2.05, 4.69) is 0 Å². The van der Waals surface area contributed by atoms with Gasteiger partial charge in [0.15, 0.2) is 0 Å². The van der Waals surface area contributed by atoms with Gasteiger partial charge >= 0.3 is 0 Å². The van der Waals surface area contributed by atoms with Crippen LogP contribution in [-0.2, 0) is 0 Å². The zero-order valence-corrected chi connectivity index (χ0v) is 10.6. The third-order valence-electron chi connectivity index (χ3n) is 3.36. The molecule has 0 aliphatic heterocycles. The molecule has 0 fully saturated rings. The molecule has 0 atom stereocenters. The van der Waals surface area contributed by atoms with Gasteiger partial charge in [0.1, 0.15) is 0 Å². The maximum Gasteiger partial charge on any atom is 0.265 e. The fraction of sp³-hybridized carbons (Fsp3) is 0.0625. The number of rotatable bonds is 3. The molecule has 0 aromatic heterocycles. The number of Topliss-reactive ketones (excluding diaryl/α,β-unsaturated/α-hetero) is 1. The molecule has 0 aliphatic carbocycles. The Labute approximate surface area is 114 Å². The lowest BCUT2D eigenvalue weighted by molar-refractivity contribution is -0.465. The molecule has 0 heterocycles. The van der Waals surface area contributed by atoms with Crippen molar-refractivity contribution in [1.82, 2.24) is 0 Å². The Morgan fingerprint density at radius 1 is 0.900 bits per heavy atom. The van der Waals surface area contributed by atoms with E-state index in [1.165, 1.54) is 0 Å². The molecule has 0 amide bonds. The van der Waals surface area contributed by atoms with E-state index < -0.39 is 17.3 Å². The standard InChI is InChI=1S/C16H11NO3/c18-16(10-17(19)20)15-7-3-6-13-12-5-2-1-4-11(12)8-9-14(13)15/h1-9H,10H2. The van der Waals surface area contributed by atoms with Crippen LogP contribution in [0.15, 0.2) is 54.6 Å². The lowest BCUT2D eigenvalue weighted by atomic mass is 9.96. The van der Waals surface area contributed by atoms with Gasteiger partial charge in [-0.3, -0.25) is 14.9 Å². The van der Waals surface area contributed by atoms with Crippen molar-refractivity contribution in [2.24, 2.45) is 0 Å². The van der Waals surface area contributed by atoms with Gasteiger partial charge in [0.2, 0.25) is 5.78 Å². The van der Waals surface area contributed by atoms with Crippen molar-refractivity contribution in [3.63, 3.8) is 0 Å². The van der Waals surface area contributed by atoms with Gasteiger partial charge in [0, 0.05) is 10.5 Å². The van der Waals surface area contributed by atoms with Crippen molar-refractivity contribution in [2.45, 2.75) is 0 Å². The topological polar surface area (TPSA) is 60.2 Å². The first-order valence-electron chi connectivity index (χ1n) is 6.22. The predicted octanol–water partition coefficient (Wildman–Crippen LogP) is 3.45. The van der Waals surface area contributed by atoms with Crippen LogP contribution in [-0.4, -0.2) is 17.3 Å². The molecule has 0 aliphatic rings. The van der Waals surface area contributed by atoms with Crippen LogP contribution in [0, 0.1) is 10.1 Å². The summed E-state index contributed by atoms with van der Waals surface area (Å²) in [6.07, 6.45) is 0. The molecule has 98 valence electrons. The highest BCUT2D eigenvalue weighted by molar-refractivity contribution is 6.15. The number of nitro groups is 1. The summed E-state index contributed by atoms with van der Waals surface area (Å²) < 4.78 is 0. The number of hydrogen-bond acceptors (Lipinski definition) is 3. The molecule has 0 bridgehead atoms. The minimum atomic E-state index is -0.675. The molecular weight excluding hydrogens is 254 g/mol. The largest absolute Gasteiger partial charge is 0.287 e. The minimum Gasteiger partial charge on any atom is -0.287 e. The van der Waals surface area contributed by atoms with Crippen molar-refractivity contribution >= 4 is 27.3 Å². The van der Waals surface area contributed by atoms with Crippen molar-refractivity contribution < 1.29 is 9.72 Å². The Morgan fingerprint density at radius 3 is 2.45 bits per heavy atom. The van der Waals surface area contributed by atoms with Crippen LogP contribution < -0.4 is 0 Å². The molecule has 0 N–H and O–H groups in total. The van der Waals surface area contributed by atoms with Crippen molar-refractivity contribution in [1.29, 1.82) is 0 Å². The van der Waals surface area contributed by atoms with Crippen LogP contribution in [0.4, 0.5) is 0 Å². The summed E-state index contributed by atoms with van der Waals surface area (Å²) in [7, 11) is 0. The number of ketones is 1. The molecule has 0 radical (unpaired) electrons. The van der Waals surface area contributed by atoms with Crippen molar-refractivity contribution in [3.8, 4) is 0 Å². The number of carbonyl (C=O) groups is 1. The van der Waals surface area contributed by atoms with Gasteiger partial charge in [-0.2, -0.15) is 0 Å². The quantitative estimate of drug-likeness (QED) is 0.315. The fourth-order valence-corrected chi connectivity index (χ4v) is 2.49. The number of benzene rings is 3. The van der Waals surface area contributed by atoms with Gasteiger partial charge in [0.25, 0.3) is 6.54 Å². The summed E-state index contributed by atoms with van der Waals surface area (Å²) in [6, 6.07) is 17.0. The summed E-state index contributed by atoms with van der Waals surface area (Å²) in [5.41, 5.74) is 0.407. The molecule has 3 aromatic carbocycles. The van der Waals surface area contributed by atoms with Gasteiger partial charge < -0.3 is 0 Å². The third kappa shape index (κ3) is 2.01. The maximum absolute atomic E-state index is 12.0. The SMILES string of the molecule is O=C(C[N+](=O)[O-])c1cccc2c1ccc1ccccc12. The first-order chi connectivity index (χ1) is 9.66. The molecule has 0 spiro atoms. The maximum atomic E-state index is 12.0. The monoisotopic (exact) mass is 265 g/mol. The highest BCUT2D eigenvalue weighted by Crippen LogP contribution is 2.27. The molecule has 0 saturated heterocycles. The summed E-state index contributed by atoms with van der Waals surface area (Å²) >= 11 is 0. The number of hydrogen-bond donors (Lipinski definition) is 0.